The lowest BCUT2D eigenvalue weighted by molar-refractivity contribution is 0.272. The summed E-state index contributed by atoms with van der Waals surface area (Å²) in [4.78, 5) is 4.37. The molecule has 0 bridgehead atoms. The molecular formula is C13H15N3O2. The van der Waals surface area contributed by atoms with Crippen molar-refractivity contribution in [3.8, 4) is 5.75 Å². The van der Waals surface area contributed by atoms with Crippen LogP contribution in [0.3, 0.4) is 0 Å². The summed E-state index contributed by atoms with van der Waals surface area (Å²) < 4.78 is 10.8. The fraction of sp³-hybridized carbons (Fsp3) is 0.385. The summed E-state index contributed by atoms with van der Waals surface area (Å²) in [7, 11) is 0. The van der Waals surface area contributed by atoms with Crippen LogP contribution in [0.4, 0.5) is 0 Å². The van der Waals surface area contributed by atoms with Crippen LogP contribution in [0.2, 0.25) is 0 Å². The maximum Gasteiger partial charge on any atom is 0.243 e. The summed E-state index contributed by atoms with van der Waals surface area (Å²) in [6.07, 6.45) is 0.856. The van der Waals surface area contributed by atoms with E-state index in [-0.39, 0.29) is 12.0 Å². The highest BCUT2D eigenvalue weighted by molar-refractivity contribution is 5.40. The molecule has 0 radical (unpaired) electrons. The van der Waals surface area contributed by atoms with Gasteiger partial charge in [0, 0.05) is 5.56 Å². The molecule has 0 amide bonds. The maximum atomic E-state index is 5.73. The summed E-state index contributed by atoms with van der Waals surface area (Å²) >= 11 is 0. The van der Waals surface area contributed by atoms with Crippen LogP contribution in [0.25, 0.3) is 0 Å². The SMILES string of the molecule is C[C@H](N)c1nc(C2CCOc3ccccc32)no1. The van der Waals surface area contributed by atoms with E-state index in [9.17, 15) is 0 Å². The summed E-state index contributed by atoms with van der Waals surface area (Å²) in [6.45, 7) is 2.50. The molecule has 5 nitrogen and oxygen atoms in total. The van der Waals surface area contributed by atoms with Gasteiger partial charge in [0.1, 0.15) is 5.75 Å². The monoisotopic (exact) mass is 245 g/mol. The van der Waals surface area contributed by atoms with E-state index in [1.165, 1.54) is 0 Å². The van der Waals surface area contributed by atoms with E-state index in [4.69, 9.17) is 15.0 Å². The number of rotatable bonds is 2. The van der Waals surface area contributed by atoms with Gasteiger partial charge in [-0.25, -0.2) is 0 Å². The van der Waals surface area contributed by atoms with Gasteiger partial charge in [0.2, 0.25) is 5.89 Å². The van der Waals surface area contributed by atoms with E-state index < -0.39 is 0 Å². The molecule has 0 saturated heterocycles. The number of nitrogens with two attached hydrogens (primary N) is 1. The molecule has 94 valence electrons. The smallest absolute Gasteiger partial charge is 0.243 e. The molecule has 5 heteroatoms. The lowest BCUT2D eigenvalue weighted by Gasteiger charge is -2.23. The molecule has 18 heavy (non-hydrogen) atoms. The van der Waals surface area contributed by atoms with Gasteiger partial charge in [0.05, 0.1) is 18.6 Å². The Morgan fingerprint density at radius 1 is 1.39 bits per heavy atom. The quantitative estimate of drug-likeness (QED) is 0.876. The van der Waals surface area contributed by atoms with Crippen LogP contribution in [-0.2, 0) is 0 Å². The third-order valence-electron chi connectivity index (χ3n) is 3.12. The van der Waals surface area contributed by atoms with E-state index >= 15 is 0 Å². The van der Waals surface area contributed by atoms with Crippen molar-refractivity contribution >= 4 is 0 Å². The Morgan fingerprint density at radius 3 is 3.00 bits per heavy atom. The third-order valence-corrected chi connectivity index (χ3v) is 3.12. The lowest BCUT2D eigenvalue weighted by atomic mass is 9.92. The van der Waals surface area contributed by atoms with Crippen molar-refractivity contribution in [2.24, 2.45) is 5.73 Å². The number of hydrogen-bond acceptors (Lipinski definition) is 5. The normalized spacial score (nSPS) is 20.0. The Balaban J connectivity index is 1.97. The Bertz CT molecular complexity index is 551. The van der Waals surface area contributed by atoms with E-state index in [2.05, 4.69) is 10.1 Å². The molecule has 0 aliphatic carbocycles. The standard InChI is InChI=1S/C13H15N3O2/c1-8(14)13-15-12(16-18-13)10-6-7-17-11-5-3-2-4-9(10)11/h2-5,8,10H,6-7,14H2,1H3/t8-,10?/m0/s1. The first-order valence-electron chi connectivity index (χ1n) is 6.06. The number of hydrogen-bond donors (Lipinski definition) is 1. The van der Waals surface area contributed by atoms with E-state index in [0.29, 0.717) is 18.3 Å². The fourth-order valence-corrected chi connectivity index (χ4v) is 2.18. The van der Waals surface area contributed by atoms with Gasteiger partial charge < -0.3 is 15.0 Å². The number of fused-ring (bicyclic) bond motifs is 1. The fourth-order valence-electron chi connectivity index (χ4n) is 2.18. The molecule has 0 saturated carbocycles. The van der Waals surface area contributed by atoms with Crippen molar-refractivity contribution < 1.29 is 9.26 Å². The van der Waals surface area contributed by atoms with Gasteiger partial charge in [-0.1, -0.05) is 23.4 Å². The van der Waals surface area contributed by atoms with Gasteiger partial charge in [0.25, 0.3) is 0 Å². The average molecular weight is 245 g/mol. The van der Waals surface area contributed by atoms with Crippen LogP contribution < -0.4 is 10.5 Å². The first-order valence-corrected chi connectivity index (χ1v) is 6.06. The molecule has 2 N–H and O–H groups in total. The van der Waals surface area contributed by atoms with Crippen LogP contribution >= 0.6 is 0 Å². The molecule has 3 rings (SSSR count). The minimum absolute atomic E-state index is 0.131. The zero-order valence-corrected chi connectivity index (χ0v) is 10.2. The third kappa shape index (κ3) is 1.86. The van der Waals surface area contributed by atoms with E-state index in [1.54, 1.807) is 0 Å². The second-order valence-electron chi connectivity index (χ2n) is 4.51. The highest BCUT2D eigenvalue weighted by atomic mass is 16.5. The van der Waals surface area contributed by atoms with Crippen LogP contribution in [-0.4, -0.2) is 16.7 Å². The highest BCUT2D eigenvalue weighted by Crippen LogP contribution is 2.36. The van der Waals surface area contributed by atoms with Crippen molar-refractivity contribution in [1.82, 2.24) is 10.1 Å². The Morgan fingerprint density at radius 2 is 2.22 bits per heavy atom. The van der Waals surface area contributed by atoms with E-state index in [1.807, 2.05) is 31.2 Å². The van der Waals surface area contributed by atoms with Crippen LogP contribution in [0.1, 0.15) is 42.6 Å². The van der Waals surface area contributed by atoms with Gasteiger partial charge in [-0.3, -0.25) is 0 Å². The topological polar surface area (TPSA) is 74.2 Å². The molecule has 2 heterocycles. The van der Waals surface area contributed by atoms with Crippen molar-refractivity contribution in [2.45, 2.75) is 25.3 Å². The maximum absolute atomic E-state index is 5.73. The molecule has 2 aromatic rings. The molecule has 0 spiro atoms. The zero-order chi connectivity index (χ0) is 12.5. The van der Waals surface area contributed by atoms with Gasteiger partial charge in [-0.05, 0) is 19.4 Å². The van der Waals surface area contributed by atoms with Crippen LogP contribution in [0.5, 0.6) is 5.75 Å². The lowest BCUT2D eigenvalue weighted by Crippen LogP contribution is -2.16. The minimum Gasteiger partial charge on any atom is -0.493 e. The summed E-state index contributed by atoms with van der Waals surface area (Å²) in [5.74, 6) is 2.21. The molecular weight excluding hydrogens is 230 g/mol. The van der Waals surface area contributed by atoms with Gasteiger partial charge in [-0.2, -0.15) is 4.98 Å². The first-order chi connectivity index (χ1) is 8.75. The van der Waals surface area contributed by atoms with Crippen molar-refractivity contribution in [3.05, 3.63) is 41.5 Å². The largest absolute Gasteiger partial charge is 0.493 e. The van der Waals surface area contributed by atoms with E-state index in [0.717, 1.165) is 17.7 Å². The first kappa shape index (κ1) is 11.2. The predicted molar refractivity (Wildman–Crippen MR) is 65.3 cm³/mol. The molecule has 0 fully saturated rings. The van der Waals surface area contributed by atoms with Gasteiger partial charge >= 0.3 is 0 Å². The summed E-state index contributed by atoms with van der Waals surface area (Å²) in [5.41, 5.74) is 6.84. The second-order valence-corrected chi connectivity index (χ2v) is 4.51. The summed E-state index contributed by atoms with van der Waals surface area (Å²) in [6, 6.07) is 7.73. The van der Waals surface area contributed by atoms with Crippen molar-refractivity contribution in [3.63, 3.8) is 0 Å². The number of ether oxygens (including phenoxy) is 1. The molecule has 1 aliphatic heterocycles. The Labute approximate surface area is 105 Å². The Kier molecular flexibility index (Phi) is 2.76. The zero-order valence-electron chi connectivity index (χ0n) is 10.2. The molecule has 2 atom stereocenters. The van der Waals surface area contributed by atoms with Gasteiger partial charge in [0.15, 0.2) is 5.82 Å². The molecule has 1 aromatic heterocycles. The number of nitrogens with zero attached hydrogens (tertiary/aromatic N) is 2. The summed E-state index contributed by atoms with van der Waals surface area (Å²) in [5, 5.41) is 4.04. The number of benzene rings is 1. The van der Waals surface area contributed by atoms with Crippen LogP contribution in [0, 0.1) is 0 Å². The van der Waals surface area contributed by atoms with Crippen molar-refractivity contribution in [1.29, 1.82) is 0 Å². The number of aromatic nitrogens is 2. The molecule has 1 aliphatic rings. The Hall–Kier alpha value is -1.88. The second kappa shape index (κ2) is 4.42. The molecule has 1 aromatic carbocycles. The average Bonchev–Trinajstić information content (AvgIpc) is 2.87. The minimum atomic E-state index is -0.235. The highest BCUT2D eigenvalue weighted by Gasteiger charge is 2.27. The molecule has 1 unspecified atom stereocenters. The van der Waals surface area contributed by atoms with Gasteiger partial charge in [-0.15, -0.1) is 0 Å². The predicted octanol–water partition coefficient (Wildman–Crippen LogP) is 2.00. The van der Waals surface area contributed by atoms with Crippen molar-refractivity contribution in [2.75, 3.05) is 6.61 Å². The van der Waals surface area contributed by atoms with Crippen LogP contribution in [0.15, 0.2) is 28.8 Å². The number of para-hydroxylation sites is 1.